The van der Waals surface area contributed by atoms with Crippen molar-refractivity contribution in [2.75, 3.05) is 0 Å². The Kier molecular flexibility index (Phi) is 6.81. The number of hydrogen-bond acceptors (Lipinski definition) is 3. The first-order chi connectivity index (χ1) is 13.5. The molecule has 4 nitrogen and oxygen atoms in total. The Balaban J connectivity index is 1.88. The lowest BCUT2D eigenvalue weighted by atomic mass is 9.79. The van der Waals surface area contributed by atoms with Gasteiger partial charge in [-0.15, -0.1) is 0 Å². The number of nitrogens with zero attached hydrogens (tertiary/aromatic N) is 2. The van der Waals surface area contributed by atoms with Crippen molar-refractivity contribution in [2.45, 2.75) is 55.0 Å². The van der Waals surface area contributed by atoms with Crippen LogP contribution in [0.1, 0.15) is 38.7 Å². The second-order valence-electron chi connectivity index (χ2n) is 7.31. The molecule has 0 aliphatic heterocycles. The minimum atomic E-state index is -1.23. The standard InChI is InChI=1S/C23H28N2O2S/c1-3-4-8-19(2)23(26,17-25-16-15-24-18-25)20-11-13-22(14-12-20)28(27)21-9-6-5-7-10-21/h5-7,9-16,18-19,26H,3-4,8,17H2,1-2H3. The molecule has 0 saturated carbocycles. The van der Waals surface area contributed by atoms with Crippen LogP contribution in [-0.4, -0.2) is 18.9 Å². The SMILES string of the molecule is CCCCC(C)C(O)(Cn1ccnc1)c1ccc(S(=O)c2ccccc2)cc1. The molecule has 3 atom stereocenters. The summed E-state index contributed by atoms with van der Waals surface area (Å²) in [5, 5.41) is 11.7. The highest BCUT2D eigenvalue weighted by molar-refractivity contribution is 7.85. The Hall–Kier alpha value is -2.24. The number of imidazole rings is 1. The van der Waals surface area contributed by atoms with Gasteiger partial charge in [-0.05, 0) is 42.2 Å². The van der Waals surface area contributed by atoms with E-state index in [9.17, 15) is 9.32 Å². The first-order valence-electron chi connectivity index (χ1n) is 9.80. The van der Waals surface area contributed by atoms with Crippen LogP contribution < -0.4 is 0 Å². The maximum atomic E-state index is 12.8. The Morgan fingerprint density at radius 3 is 2.39 bits per heavy atom. The van der Waals surface area contributed by atoms with Crippen molar-refractivity contribution in [1.82, 2.24) is 9.55 Å². The second kappa shape index (κ2) is 9.30. The van der Waals surface area contributed by atoms with Gasteiger partial charge in [0.2, 0.25) is 0 Å². The maximum absolute atomic E-state index is 12.8. The fraction of sp³-hybridized carbons (Fsp3) is 0.348. The van der Waals surface area contributed by atoms with Crippen molar-refractivity contribution in [3.05, 3.63) is 78.9 Å². The predicted octanol–water partition coefficient (Wildman–Crippen LogP) is 4.76. The third-order valence-corrected chi connectivity index (χ3v) is 6.71. The fourth-order valence-electron chi connectivity index (χ4n) is 3.49. The van der Waals surface area contributed by atoms with Crippen LogP contribution in [0, 0.1) is 5.92 Å². The number of rotatable bonds is 9. The van der Waals surface area contributed by atoms with Crippen LogP contribution in [0.15, 0.2) is 83.1 Å². The molecule has 148 valence electrons. The molecule has 2 aromatic carbocycles. The zero-order valence-electron chi connectivity index (χ0n) is 16.5. The van der Waals surface area contributed by atoms with Crippen LogP contribution >= 0.6 is 0 Å². The fourth-order valence-corrected chi connectivity index (χ4v) is 4.55. The molecule has 3 aromatic rings. The molecule has 0 aliphatic carbocycles. The van der Waals surface area contributed by atoms with Gasteiger partial charge >= 0.3 is 0 Å². The average Bonchev–Trinajstić information content (AvgIpc) is 3.25. The molecule has 28 heavy (non-hydrogen) atoms. The van der Waals surface area contributed by atoms with Gasteiger partial charge in [0.1, 0.15) is 5.60 Å². The third-order valence-electron chi connectivity index (χ3n) is 5.31. The van der Waals surface area contributed by atoms with E-state index in [1.165, 1.54) is 0 Å². The van der Waals surface area contributed by atoms with E-state index < -0.39 is 16.4 Å². The van der Waals surface area contributed by atoms with Crippen molar-refractivity contribution in [3.8, 4) is 0 Å². The summed E-state index contributed by atoms with van der Waals surface area (Å²) in [5.74, 6) is 0.0836. The number of aliphatic hydroxyl groups is 1. The summed E-state index contributed by atoms with van der Waals surface area (Å²) in [4.78, 5) is 5.62. The van der Waals surface area contributed by atoms with E-state index in [-0.39, 0.29) is 5.92 Å². The number of benzene rings is 2. The van der Waals surface area contributed by atoms with E-state index in [4.69, 9.17) is 0 Å². The molecule has 1 aromatic heterocycles. The summed E-state index contributed by atoms with van der Waals surface area (Å²) < 4.78 is 14.7. The Morgan fingerprint density at radius 2 is 1.79 bits per heavy atom. The first kappa shape index (κ1) is 20.5. The molecule has 0 aliphatic rings. The molecule has 3 unspecified atom stereocenters. The molecule has 0 bridgehead atoms. The van der Waals surface area contributed by atoms with Gasteiger partial charge in [-0.25, -0.2) is 9.19 Å². The van der Waals surface area contributed by atoms with Gasteiger partial charge in [-0.1, -0.05) is 57.0 Å². The van der Waals surface area contributed by atoms with Crippen molar-refractivity contribution in [1.29, 1.82) is 0 Å². The van der Waals surface area contributed by atoms with Gasteiger partial charge in [0, 0.05) is 22.2 Å². The second-order valence-corrected chi connectivity index (χ2v) is 8.79. The lowest BCUT2D eigenvalue weighted by molar-refractivity contribution is -0.0370. The molecule has 1 heterocycles. The summed E-state index contributed by atoms with van der Waals surface area (Å²) in [5.41, 5.74) is -0.165. The molecule has 0 saturated heterocycles. The Labute approximate surface area is 169 Å². The van der Waals surface area contributed by atoms with E-state index in [1.54, 1.807) is 12.5 Å². The minimum Gasteiger partial charge on any atom is -0.383 e. The van der Waals surface area contributed by atoms with Crippen LogP contribution in [0.3, 0.4) is 0 Å². The van der Waals surface area contributed by atoms with Gasteiger partial charge in [-0.3, -0.25) is 0 Å². The summed E-state index contributed by atoms with van der Waals surface area (Å²) in [6.07, 6.45) is 8.44. The van der Waals surface area contributed by atoms with Crippen molar-refractivity contribution >= 4 is 10.8 Å². The maximum Gasteiger partial charge on any atom is 0.110 e. The predicted molar refractivity (Wildman–Crippen MR) is 112 cm³/mol. The Morgan fingerprint density at radius 1 is 1.11 bits per heavy atom. The van der Waals surface area contributed by atoms with Gasteiger partial charge in [-0.2, -0.15) is 0 Å². The zero-order valence-corrected chi connectivity index (χ0v) is 17.3. The van der Waals surface area contributed by atoms with Crippen LogP contribution in [0.4, 0.5) is 0 Å². The topological polar surface area (TPSA) is 55.1 Å². The van der Waals surface area contributed by atoms with Crippen molar-refractivity contribution in [3.63, 3.8) is 0 Å². The first-order valence-corrected chi connectivity index (χ1v) is 10.9. The summed E-state index contributed by atoms with van der Waals surface area (Å²) in [7, 11) is -1.23. The molecule has 0 fully saturated rings. The third kappa shape index (κ3) is 4.59. The van der Waals surface area contributed by atoms with E-state index in [2.05, 4.69) is 18.8 Å². The molecule has 0 radical (unpaired) electrons. The molecule has 0 spiro atoms. The molecule has 3 rings (SSSR count). The van der Waals surface area contributed by atoms with Crippen LogP contribution in [-0.2, 0) is 22.9 Å². The van der Waals surface area contributed by atoms with E-state index in [1.807, 2.05) is 65.4 Å². The monoisotopic (exact) mass is 396 g/mol. The highest BCUT2D eigenvalue weighted by Crippen LogP contribution is 2.35. The molecular weight excluding hydrogens is 368 g/mol. The highest BCUT2D eigenvalue weighted by atomic mass is 32.2. The van der Waals surface area contributed by atoms with Gasteiger partial charge < -0.3 is 9.67 Å². The van der Waals surface area contributed by atoms with E-state index in [0.29, 0.717) is 6.54 Å². The molecule has 0 amide bonds. The summed E-state index contributed by atoms with van der Waals surface area (Å²) in [6, 6.07) is 17.0. The van der Waals surface area contributed by atoms with E-state index in [0.717, 1.165) is 34.6 Å². The summed E-state index contributed by atoms with van der Waals surface area (Å²) >= 11 is 0. The van der Waals surface area contributed by atoms with Gasteiger partial charge in [0.25, 0.3) is 0 Å². The van der Waals surface area contributed by atoms with Crippen molar-refractivity contribution in [2.24, 2.45) is 5.92 Å². The smallest absolute Gasteiger partial charge is 0.110 e. The molecule has 5 heteroatoms. The largest absolute Gasteiger partial charge is 0.383 e. The highest BCUT2D eigenvalue weighted by Gasteiger charge is 2.35. The lowest BCUT2D eigenvalue weighted by Gasteiger charge is -2.35. The average molecular weight is 397 g/mol. The lowest BCUT2D eigenvalue weighted by Crippen LogP contribution is -2.38. The minimum absolute atomic E-state index is 0.0836. The van der Waals surface area contributed by atoms with Gasteiger partial charge in [0.15, 0.2) is 0 Å². The number of unbranched alkanes of at least 4 members (excludes halogenated alkanes) is 1. The van der Waals surface area contributed by atoms with Gasteiger partial charge in [0.05, 0.1) is 23.7 Å². The number of hydrogen-bond donors (Lipinski definition) is 1. The Bertz CT molecular complexity index is 879. The van der Waals surface area contributed by atoms with E-state index >= 15 is 0 Å². The molecular formula is C23H28N2O2S. The van der Waals surface area contributed by atoms with Crippen LogP contribution in [0.2, 0.25) is 0 Å². The summed E-state index contributed by atoms with van der Waals surface area (Å²) in [6.45, 7) is 4.71. The van der Waals surface area contributed by atoms with Crippen LogP contribution in [0.5, 0.6) is 0 Å². The van der Waals surface area contributed by atoms with Crippen molar-refractivity contribution < 1.29 is 9.32 Å². The van der Waals surface area contributed by atoms with Crippen LogP contribution in [0.25, 0.3) is 0 Å². The normalized spacial score (nSPS) is 15.7. The molecule has 1 N–H and O–H groups in total. The zero-order chi connectivity index (χ0) is 20.0. The number of aromatic nitrogens is 2. The quantitative estimate of drug-likeness (QED) is 0.567.